The molecule has 1 unspecified atom stereocenters. The smallest absolute Gasteiger partial charge is 0.311 e. The Kier molecular flexibility index (Phi) is 3.43. The summed E-state index contributed by atoms with van der Waals surface area (Å²) in [7, 11) is 1.30. The van der Waals surface area contributed by atoms with E-state index in [0.717, 1.165) is 0 Å². The highest BCUT2D eigenvalue weighted by Crippen LogP contribution is 2.36. The molecule has 1 aromatic carbocycles. The third-order valence-electron chi connectivity index (χ3n) is 2.95. The summed E-state index contributed by atoms with van der Waals surface area (Å²) < 4.78 is 4.65. The average molecular weight is 269 g/mol. The van der Waals surface area contributed by atoms with Crippen molar-refractivity contribution in [3.63, 3.8) is 0 Å². The maximum atomic E-state index is 11.9. The number of carbonyl (C=O) groups excluding carboxylic acids is 2. The number of halogens is 1. The largest absolute Gasteiger partial charge is 0.469 e. The number of nitrogen functional groups attached to an aromatic ring is 1. The van der Waals surface area contributed by atoms with Crippen molar-refractivity contribution in [2.45, 2.75) is 6.42 Å². The zero-order chi connectivity index (χ0) is 13.3. The van der Waals surface area contributed by atoms with Crippen LogP contribution in [0.25, 0.3) is 0 Å². The van der Waals surface area contributed by atoms with Crippen LogP contribution in [0.15, 0.2) is 18.2 Å². The van der Waals surface area contributed by atoms with Gasteiger partial charge in [-0.3, -0.25) is 9.59 Å². The van der Waals surface area contributed by atoms with E-state index in [4.69, 9.17) is 17.3 Å². The minimum atomic E-state index is -0.460. The molecule has 18 heavy (non-hydrogen) atoms. The van der Waals surface area contributed by atoms with Crippen molar-refractivity contribution in [2.24, 2.45) is 5.92 Å². The van der Waals surface area contributed by atoms with Crippen molar-refractivity contribution in [3.8, 4) is 0 Å². The molecule has 5 nitrogen and oxygen atoms in total. The SMILES string of the molecule is COC(=O)C1CC(=O)N(c2c(N)cccc2Cl)C1. The standard InChI is InChI=1S/C12H13ClN2O3/c1-18-12(17)7-5-10(16)15(6-7)11-8(13)3-2-4-9(11)14/h2-4,7H,5-6,14H2,1H3. The number of carbonyl (C=O) groups is 2. The minimum absolute atomic E-state index is 0.122. The van der Waals surface area contributed by atoms with Crippen LogP contribution in [0.4, 0.5) is 11.4 Å². The van der Waals surface area contributed by atoms with E-state index in [1.165, 1.54) is 12.0 Å². The lowest BCUT2D eigenvalue weighted by atomic mass is 10.1. The predicted octanol–water partition coefficient (Wildman–Crippen LogP) is 1.45. The first-order valence-electron chi connectivity index (χ1n) is 5.46. The quantitative estimate of drug-likeness (QED) is 0.651. The van der Waals surface area contributed by atoms with E-state index < -0.39 is 11.9 Å². The Morgan fingerprint density at radius 1 is 1.56 bits per heavy atom. The number of amides is 1. The third-order valence-corrected chi connectivity index (χ3v) is 3.25. The highest BCUT2D eigenvalue weighted by Gasteiger charge is 2.37. The molecule has 6 heteroatoms. The molecule has 0 spiro atoms. The zero-order valence-electron chi connectivity index (χ0n) is 9.85. The van der Waals surface area contributed by atoms with Gasteiger partial charge in [0.15, 0.2) is 0 Å². The van der Waals surface area contributed by atoms with Gasteiger partial charge in [0.1, 0.15) is 0 Å². The van der Waals surface area contributed by atoms with E-state index in [-0.39, 0.29) is 18.9 Å². The topological polar surface area (TPSA) is 72.6 Å². The molecule has 96 valence electrons. The van der Waals surface area contributed by atoms with Crippen LogP contribution in [0.5, 0.6) is 0 Å². The summed E-state index contributed by atoms with van der Waals surface area (Å²) in [5, 5.41) is 0.397. The molecule has 0 aromatic heterocycles. The lowest BCUT2D eigenvalue weighted by Crippen LogP contribution is -2.27. The molecule has 2 rings (SSSR count). The molecule has 1 heterocycles. The van der Waals surface area contributed by atoms with Gasteiger partial charge in [0.05, 0.1) is 29.4 Å². The van der Waals surface area contributed by atoms with Gasteiger partial charge in [0.2, 0.25) is 5.91 Å². The number of para-hydroxylation sites is 1. The number of hydrogen-bond donors (Lipinski definition) is 1. The fourth-order valence-electron chi connectivity index (χ4n) is 2.07. The molecule has 2 N–H and O–H groups in total. The van der Waals surface area contributed by atoms with E-state index >= 15 is 0 Å². The first kappa shape index (κ1) is 12.7. The summed E-state index contributed by atoms with van der Waals surface area (Å²) in [6, 6.07) is 5.03. The van der Waals surface area contributed by atoms with Crippen LogP contribution in [0.1, 0.15) is 6.42 Å². The van der Waals surface area contributed by atoms with Crippen LogP contribution in [0, 0.1) is 5.92 Å². The number of anilines is 2. The highest BCUT2D eigenvalue weighted by atomic mass is 35.5. The maximum Gasteiger partial charge on any atom is 0.311 e. The molecule has 1 aliphatic rings. The first-order chi connectivity index (χ1) is 8.54. The van der Waals surface area contributed by atoms with Gasteiger partial charge in [-0.25, -0.2) is 0 Å². The molecule has 1 saturated heterocycles. The molecule has 0 saturated carbocycles. The fraction of sp³-hybridized carbons (Fsp3) is 0.333. The van der Waals surface area contributed by atoms with E-state index in [1.807, 2.05) is 0 Å². The van der Waals surface area contributed by atoms with Crippen molar-refractivity contribution in [3.05, 3.63) is 23.2 Å². The van der Waals surface area contributed by atoms with Gasteiger partial charge < -0.3 is 15.4 Å². The Hall–Kier alpha value is -1.75. The number of esters is 1. The van der Waals surface area contributed by atoms with Crippen molar-refractivity contribution < 1.29 is 14.3 Å². The van der Waals surface area contributed by atoms with E-state index in [0.29, 0.717) is 16.4 Å². The van der Waals surface area contributed by atoms with Gasteiger partial charge in [-0.1, -0.05) is 17.7 Å². The van der Waals surface area contributed by atoms with Crippen molar-refractivity contribution in [2.75, 3.05) is 24.3 Å². The second-order valence-electron chi connectivity index (χ2n) is 4.11. The Morgan fingerprint density at radius 3 is 2.89 bits per heavy atom. The number of methoxy groups -OCH3 is 1. The highest BCUT2D eigenvalue weighted by molar-refractivity contribution is 6.34. The van der Waals surface area contributed by atoms with E-state index in [2.05, 4.69) is 4.74 Å². The van der Waals surface area contributed by atoms with Crippen molar-refractivity contribution in [1.82, 2.24) is 0 Å². The van der Waals surface area contributed by atoms with Crippen LogP contribution in [0.3, 0.4) is 0 Å². The number of ether oxygens (including phenoxy) is 1. The van der Waals surface area contributed by atoms with E-state index in [1.54, 1.807) is 18.2 Å². The normalized spacial score (nSPS) is 19.1. The van der Waals surface area contributed by atoms with Gasteiger partial charge in [-0.05, 0) is 12.1 Å². The lowest BCUT2D eigenvalue weighted by Gasteiger charge is -2.19. The summed E-state index contributed by atoms with van der Waals surface area (Å²) >= 11 is 6.05. The number of hydrogen-bond acceptors (Lipinski definition) is 4. The summed E-state index contributed by atoms with van der Waals surface area (Å²) in [4.78, 5) is 24.8. The van der Waals surface area contributed by atoms with Crippen molar-refractivity contribution >= 4 is 34.9 Å². The Labute approximate surface area is 109 Å². The summed E-state index contributed by atoms with van der Waals surface area (Å²) in [5.41, 5.74) is 6.71. The van der Waals surface area contributed by atoms with Gasteiger partial charge in [0, 0.05) is 13.0 Å². The van der Waals surface area contributed by atoms with E-state index in [9.17, 15) is 9.59 Å². The molecule has 1 aliphatic heterocycles. The van der Waals surface area contributed by atoms with Gasteiger partial charge in [0.25, 0.3) is 0 Å². The molecular formula is C12H13ClN2O3. The second kappa shape index (κ2) is 4.86. The number of rotatable bonds is 2. The maximum absolute atomic E-state index is 11.9. The average Bonchev–Trinajstić information content (AvgIpc) is 2.70. The first-order valence-corrected chi connectivity index (χ1v) is 5.84. The monoisotopic (exact) mass is 268 g/mol. The van der Waals surface area contributed by atoms with Crippen LogP contribution < -0.4 is 10.6 Å². The number of benzene rings is 1. The minimum Gasteiger partial charge on any atom is -0.469 e. The summed E-state index contributed by atoms with van der Waals surface area (Å²) in [5.74, 6) is -1.03. The molecule has 0 bridgehead atoms. The summed E-state index contributed by atoms with van der Waals surface area (Å²) in [6.45, 7) is 0.249. The Balaban J connectivity index is 2.30. The molecule has 0 aliphatic carbocycles. The third kappa shape index (κ3) is 2.13. The molecule has 0 radical (unpaired) electrons. The Morgan fingerprint density at radius 2 is 2.28 bits per heavy atom. The zero-order valence-corrected chi connectivity index (χ0v) is 10.6. The summed E-state index contributed by atoms with van der Waals surface area (Å²) in [6.07, 6.45) is 0.122. The van der Waals surface area contributed by atoms with Crippen LogP contribution in [-0.2, 0) is 14.3 Å². The molecule has 1 aromatic rings. The van der Waals surface area contributed by atoms with Crippen LogP contribution in [-0.4, -0.2) is 25.5 Å². The molecular weight excluding hydrogens is 256 g/mol. The van der Waals surface area contributed by atoms with Gasteiger partial charge in [-0.2, -0.15) is 0 Å². The molecule has 1 amide bonds. The number of nitrogens with zero attached hydrogens (tertiary/aromatic N) is 1. The predicted molar refractivity (Wildman–Crippen MR) is 68.3 cm³/mol. The van der Waals surface area contributed by atoms with Gasteiger partial charge in [-0.15, -0.1) is 0 Å². The second-order valence-corrected chi connectivity index (χ2v) is 4.51. The van der Waals surface area contributed by atoms with Crippen molar-refractivity contribution in [1.29, 1.82) is 0 Å². The molecule has 1 atom stereocenters. The Bertz CT molecular complexity index is 484. The fourth-order valence-corrected chi connectivity index (χ4v) is 2.35. The lowest BCUT2D eigenvalue weighted by molar-refractivity contribution is -0.145. The van der Waals surface area contributed by atoms with Crippen LogP contribution in [0.2, 0.25) is 5.02 Å². The molecule has 1 fully saturated rings. The van der Waals surface area contributed by atoms with Crippen LogP contribution >= 0.6 is 11.6 Å². The number of nitrogens with two attached hydrogens (primary N) is 1. The van der Waals surface area contributed by atoms with Gasteiger partial charge >= 0.3 is 5.97 Å².